The second kappa shape index (κ2) is 12.9. The lowest BCUT2D eigenvalue weighted by Gasteiger charge is -2.41. The molecule has 9 aromatic carbocycles. The molecule has 1 spiro atoms. The Hall–Kier alpha value is -7.36. The molecule has 2 aliphatic rings. The molecule has 0 aromatic heterocycles. The number of benzene rings is 9. The van der Waals surface area contributed by atoms with Crippen LogP contribution < -0.4 is 14.5 Å². The van der Waals surface area contributed by atoms with Gasteiger partial charge in [0.25, 0.3) is 0 Å². The van der Waals surface area contributed by atoms with Crippen LogP contribution in [0.4, 0.5) is 34.1 Å². The predicted octanol–water partition coefficient (Wildman–Crippen LogP) is 14.2. The summed E-state index contributed by atoms with van der Waals surface area (Å²) in [7, 11) is 0. The second-order valence-corrected chi connectivity index (χ2v) is 14.5. The Morgan fingerprint density at radius 1 is 0.339 bits per heavy atom. The maximum atomic E-state index is 7.32. The molecule has 0 fully saturated rings. The molecule has 1 aliphatic heterocycles. The smallest absolute Gasteiger partial charge is 0.156 e. The molecule has 0 bridgehead atoms. The van der Waals surface area contributed by atoms with Crippen molar-refractivity contribution in [3.63, 3.8) is 0 Å². The van der Waals surface area contributed by atoms with Crippen molar-refractivity contribution in [3.05, 3.63) is 241 Å². The van der Waals surface area contributed by atoms with Gasteiger partial charge in [0.1, 0.15) is 5.75 Å². The molecule has 0 saturated carbocycles. The van der Waals surface area contributed by atoms with Crippen LogP contribution in [-0.2, 0) is 5.41 Å². The van der Waals surface area contributed by atoms with Gasteiger partial charge >= 0.3 is 0 Å². The number of fused-ring (bicyclic) bond motifs is 10. The minimum atomic E-state index is -0.691. The van der Waals surface area contributed by atoms with E-state index in [1.807, 2.05) is 0 Å². The Morgan fingerprint density at radius 2 is 0.786 bits per heavy atom. The van der Waals surface area contributed by atoms with Gasteiger partial charge in [0, 0.05) is 39.4 Å². The van der Waals surface area contributed by atoms with Crippen molar-refractivity contribution in [2.45, 2.75) is 5.41 Å². The van der Waals surface area contributed by atoms with Gasteiger partial charge in [-0.3, -0.25) is 0 Å². The maximum Gasteiger partial charge on any atom is 0.156 e. The van der Waals surface area contributed by atoms with Gasteiger partial charge in [0.2, 0.25) is 0 Å². The van der Waals surface area contributed by atoms with Gasteiger partial charge in [-0.2, -0.15) is 0 Å². The summed E-state index contributed by atoms with van der Waals surface area (Å²) < 4.78 is 7.32. The summed E-state index contributed by atoms with van der Waals surface area (Å²) in [5.74, 6) is 1.71. The summed E-state index contributed by atoms with van der Waals surface area (Å²) >= 11 is 0. The van der Waals surface area contributed by atoms with E-state index in [1.54, 1.807) is 0 Å². The summed E-state index contributed by atoms with van der Waals surface area (Å²) in [4.78, 5) is 4.72. The van der Waals surface area contributed by atoms with E-state index in [-0.39, 0.29) is 0 Å². The lowest BCUT2D eigenvalue weighted by atomic mass is 9.65. The molecule has 1 heterocycles. The number of rotatable bonds is 6. The first-order chi connectivity index (χ1) is 27.8. The van der Waals surface area contributed by atoms with Gasteiger partial charge in [0.15, 0.2) is 5.75 Å². The average Bonchev–Trinajstić information content (AvgIpc) is 3.56. The molecule has 11 rings (SSSR count). The zero-order valence-corrected chi connectivity index (χ0v) is 30.6. The first kappa shape index (κ1) is 32.1. The van der Waals surface area contributed by atoms with Crippen LogP contribution >= 0.6 is 0 Å². The van der Waals surface area contributed by atoms with Crippen molar-refractivity contribution in [2.75, 3.05) is 9.80 Å². The van der Waals surface area contributed by atoms with Crippen LogP contribution in [0.2, 0.25) is 0 Å². The van der Waals surface area contributed by atoms with Gasteiger partial charge in [0.05, 0.1) is 16.8 Å². The van der Waals surface area contributed by atoms with E-state index in [4.69, 9.17) is 4.74 Å². The van der Waals surface area contributed by atoms with Gasteiger partial charge in [-0.05, 0) is 100 Å². The van der Waals surface area contributed by atoms with Crippen molar-refractivity contribution >= 4 is 44.9 Å². The molecule has 0 saturated heterocycles. The fraction of sp³-hybridized carbons (Fsp3) is 0.0189. The molecular weight excluding hydrogens is 681 g/mol. The standard InChI is InChI=1S/C53H36N2O/c1-5-21-39(22-6-1)54(40-23-7-2-8-24-40)48-33-17-31-45-51(48)43-29-15-16-30-44(43)53(45)46-32-18-34-49(55(41-25-9-3-10-26-41)42-27-11-4-12-28-42)52(46)56-50-36-38-20-14-13-19-37(38)35-47(50)53/h1-36H. The van der Waals surface area contributed by atoms with E-state index >= 15 is 0 Å². The number of ether oxygens (including phenoxy) is 1. The molecule has 0 radical (unpaired) electrons. The zero-order chi connectivity index (χ0) is 37.1. The fourth-order valence-corrected chi connectivity index (χ4v) is 9.19. The molecule has 1 atom stereocenters. The van der Waals surface area contributed by atoms with E-state index in [0.29, 0.717) is 0 Å². The molecule has 56 heavy (non-hydrogen) atoms. The van der Waals surface area contributed by atoms with Gasteiger partial charge in [-0.15, -0.1) is 0 Å². The zero-order valence-electron chi connectivity index (χ0n) is 30.6. The van der Waals surface area contributed by atoms with Crippen LogP contribution in [0.15, 0.2) is 218 Å². The Bertz CT molecular complexity index is 2810. The van der Waals surface area contributed by atoms with Gasteiger partial charge in [-0.1, -0.05) is 146 Å². The second-order valence-electron chi connectivity index (χ2n) is 14.5. The quantitative estimate of drug-likeness (QED) is 0.170. The largest absolute Gasteiger partial charge is 0.454 e. The number of para-hydroxylation sites is 5. The van der Waals surface area contributed by atoms with E-state index < -0.39 is 5.41 Å². The minimum absolute atomic E-state index is 0.691. The van der Waals surface area contributed by atoms with Gasteiger partial charge < -0.3 is 14.5 Å². The van der Waals surface area contributed by atoms with Crippen LogP contribution in [0.1, 0.15) is 22.3 Å². The summed E-state index contributed by atoms with van der Waals surface area (Å²) in [6, 6.07) is 78.4. The van der Waals surface area contributed by atoms with Crippen LogP contribution in [0, 0.1) is 0 Å². The van der Waals surface area contributed by atoms with E-state index in [1.165, 1.54) is 27.6 Å². The molecule has 264 valence electrons. The summed E-state index contributed by atoms with van der Waals surface area (Å²) in [5.41, 5.74) is 12.9. The van der Waals surface area contributed by atoms with Crippen molar-refractivity contribution < 1.29 is 4.74 Å². The number of nitrogens with zero attached hydrogens (tertiary/aromatic N) is 2. The third-order valence-corrected chi connectivity index (χ3v) is 11.4. The SMILES string of the molecule is c1ccc(N(c2ccccc2)c2cccc3c2Oc2cc4ccccc4cc2C32c3ccccc3-c3c(N(c4ccccc4)c4ccccc4)cccc32)cc1. The predicted molar refractivity (Wildman–Crippen MR) is 231 cm³/mol. The molecule has 3 nitrogen and oxygen atoms in total. The first-order valence-electron chi connectivity index (χ1n) is 19.2. The van der Waals surface area contributed by atoms with Crippen LogP contribution in [-0.4, -0.2) is 0 Å². The minimum Gasteiger partial charge on any atom is -0.454 e. The third-order valence-electron chi connectivity index (χ3n) is 11.4. The molecule has 0 N–H and O–H groups in total. The lowest BCUT2D eigenvalue weighted by molar-refractivity contribution is 0.438. The highest BCUT2D eigenvalue weighted by molar-refractivity contribution is 6.00. The van der Waals surface area contributed by atoms with Crippen LogP contribution in [0.5, 0.6) is 11.5 Å². The summed E-state index contributed by atoms with van der Waals surface area (Å²) in [5, 5.41) is 2.33. The highest BCUT2D eigenvalue weighted by atomic mass is 16.5. The Kier molecular flexibility index (Phi) is 7.39. The molecule has 1 unspecified atom stereocenters. The average molecular weight is 717 g/mol. The Morgan fingerprint density at radius 3 is 1.38 bits per heavy atom. The van der Waals surface area contributed by atoms with Crippen LogP contribution in [0.25, 0.3) is 21.9 Å². The fourth-order valence-electron chi connectivity index (χ4n) is 9.19. The van der Waals surface area contributed by atoms with E-state index in [9.17, 15) is 0 Å². The summed E-state index contributed by atoms with van der Waals surface area (Å²) in [6.07, 6.45) is 0. The number of hydrogen-bond donors (Lipinski definition) is 0. The summed E-state index contributed by atoms with van der Waals surface area (Å²) in [6.45, 7) is 0. The maximum absolute atomic E-state index is 7.32. The van der Waals surface area contributed by atoms with Crippen molar-refractivity contribution in [1.29, 1.82) is 0 Å². The molecular formula is C53H36N2O. The number of hydrogen-bond acceptors (Lipinski definition) is 3. The highest BCUT2D eigenvalue weighted by Gasteiger charge is 2.53. The molecule has 3 heteroatoms. The molecule has 9 aromatic rings. The number of anilines is 6. The van der Waals surface area contributed by atoms with Crippen molar-refractivity contribution in [2.24, 2.45) is 0 Å². The van der Waals surface area contributed by atoms with Crippen molar-refractivity contribution in [3.8, 4) is 22.6 Å². The topological polar surface area (TPSA) is 15.7 Å². The van der Waals surface area contributed by atoms with E-state index in [2.05, 4.69) is 228 Å². The lowest BCUT2D eigenvalue weighted by Crippen LogP contribution is -2.33. The normalized spacial score (nSPS) is 14.6. The third kappa shape index (κ3) is 4.77. The first-order valence-corrected chi connectivity index (χ1v) is 19.2. The Balaban J connectivity index is 1.26. The molecule has 1 aliphatic carbocycles. The highest BCUT2D eigenvalue weighted by Crippen LogP contribution is 2.66. The van der Waals surface area contributed by atoms with E-state index in [0.717, 1.165) is 62.1 Å². The monoisotopic (exact) mass is 716 g/mol. The van der Waals surface area contributed by atoms with Crippen LogP contribution in [0.3, 0.4) is 0 Å². The molecule has 0 amide bonds. The van der Waals surface area contributed by atoms with Gasteiger partial charge in [-0.25, -0.2) is 0 Å². The van der Waals surface area contributed by atoms with Crippen molar-refractivity contribution in [1.82, 2.24) is 0 Å². The Labute approximate surface area is 326 Å².